The molecule has 1 heterocycles. The number of halogens is 1. The Bertz CT molecular complexity index is 455. The standard InChI is InChI=1S/C12H14N2O2S.ClH/c1-12(9-5-3-2-4-6-9)10(15)14(8-7-13)11(16)17-12;/h2-6H,7-8,13H2,1H3;1H. The molecule has 1 saturated heterocycles. The van der Waals surface area contributed by atoms with Gasteiger partial charge in [-0.15, -0.1) is 12.4 Å². The Balaban J connectivity index is 0.00000162. The lowest BCUT2D eigenvalue weighted by Crippen LogP contribution is -2.38. The molecule has 2 N–H and O–H groups in total. The molecule has 1 aliphatic heterocycles. The van der Waals surface area contributed by atoms with Crippen LogP contribution in [-0.4, -0.2) is 29.1 Å². The summed E-state index contributed by atoms with van der Waals surface area (Å²) in [5.41, 5.74) is 6.25. The fraction of sp³-hybridized carbons (Fsp3) is 0.333. The van der Waals surface area contributed by atoms with Crippen LogP contribution in [0.2, 0.25) is 0 Å². The fourth-order valence-electron chi connectivity index (χ4n) is 1.87. The van der Waals surface area contributed by atoms with Gasteiger partial charge in [-0.3, -0.25) is 14.5 Å². The molecule has 1 aromatic carbocycles. The van der Waals surface area contributed by atoms with Crippen LogP contribution >= 0.6 is 24.2 Å². The van der Waals surface area contributed by atoms with Crippen molar-refractivity contribution < 1.29 is 9.59 Å². The lowest BCUT2D eigenvalue weighted by molar-refractivity contribution is -0.129. The van der Waals surface area contributed by atoms with E-state index in [0.717, 1.165) is 17.3 Å². The van der Waals surface area contributed by atoms with E-state index < -0.39 is 4.75 Å². The Hall–Kier alpha value is -1.04. The van der Waals surface area contributed by atoms with Gasteiger partial charge >= 0.3 is 0 Å². The van der Waals surface area contributed by atoms with Crippen LogP contribution in [0.4, 0.5) is 4.79 Å². The number of imide groups is 1. The minimum Gasteiger partial charge on any atom is -0.329 e. The van der Waals surface area contributed by atoms with E-state index in [4.69, 9.17) is 5.73 Å². The van der Waals surface area contributed by atoms with Gasteiger partial charge in [0.2, 0.25) is 0 Å². The molecule has 4 nitrogen and oxygen atoms in total. The van der Waals surface area contributed by atoms with Gasteiger partial charge in [-0.1, -0.05) is 30.3 Å². The number of benzene rings is 1. The highest BCUT2D eigenvalue weighted by molar-refractivity contribution is 8.15. The first-order valence-corrected chi connectivity index (χ1v) is 6.22. The Labute approximate surface area is 116 Å². The normalized spacial score (nSPS) is 23.1. The third kappa shape index (κ3) is 2.39. The molecule has 0 spiro atoms. The molecule has 2 amide bonds. The average Bonchev–Trinajstić information content (AvgIpc) is 2.56. The number of hydrogen-bond acceptors (Lipinski definition) is 4. The summed E-state index contributed by atoms with van der Waals surface area (Å²) in [4.78, 5) is 25.3. The van der Waals surface area contributed by atoms with Crippen molar-refractivity contribution in [3.05, 3.63) is 35.9 Å². The number of carbonyl (C=O) groups excluding carboxylic acids is 2. The molecule has 1 unspecified atom stereocenters. The third-order valence-electron chi connectivity index (χ3n) is 2.84. The highest BCUT2D eigenvalue weighted by Crippen LogP contribution is 2.44. The Kier molecular flexibility index (Phi) is 4.78. The first-order chi connectivity index (χ1) is 8.09. The molecule has 98 valence electrons. The second-order valence-electron chi connectivity index (χ2n) is 4.01. The number of rotatable bonds is 3. The summed E-state index contributed by atoms with van der Waals surface area (Å²) in [7, 11) is 0. The van der Waals surface area contributed by atoms with Gasteiger partial charge in [0.1, 0.15) is 4.75 Å². The quantitative estimate of drug-likeness (QED) is 0.923. The monoisotopic (exact) mass is 286 g/mol. The van der Waals surface area contributed by atoms with Gasteiger partial charge in [0, 0.05) is 13.1 Å². The van der Waals surface area contributed by atoms with Crippen molar-refractivity contribution in [3.8, 4) is 0 Å². The van der Waals surface area contributed by atoms with E-state index in [1.54, 1.807) is 6.92 Å². The first-order valence-electron chi connectivity index (χ1n) is 5.40. The lowest BCUT2D eigenvalue weighted by Gasteiger charge is -2.20. The molecule has 0 radical (unpaired) electrons. The molecule has 0 aromatic heterocycles. The number of hydrogen-bond donors (Lipinski definition) is 1. The smallest absolute Gasteiger partial charge is 0.289 e. The molecule has 1 aromatic rings. The second-order valence-corrected chi connectivity index (χ2v) is 5.38. The van der Waals surface area contributed by atoms with Crippen LogP contribution in [0.15, 0.2) is 30.3 Å². The van der Waals surface area contributed by atoms with Crippen molar-refractivity contribution in [1.29, 1.82) is 0 Å². The summed E-state index contributed by atoms with van der Waals surface area (Å²) in [6.45, 7) is 2.36. The maximum Gasteiger partial charge on any atom is 0.289 e. The lowest BCUT2D eigenvalue weighted by atomic mass is 9.99. The fourth-order valence-corrected chi connectivity index (χ4v) is 2.96. The molecular weight excluding hydrogens is 272 g/mol. The summed E-state index contributed by atoms with van der Waals surface area (Å²) < 4.78 is -0.812. The molecule has 18 heavy (non-hydrogen) atoms. The largest absolute Gasteiger partial charge is 0.329 e. The van der Waals surface area contributed by atoms with Crippen molar-refractivity contribution in [2.24, 2.45) is 5.73 Å². The van der Waals surface area contributed by atoms with Crippen molar-refractivity contribution >= 4 is 35.3 Å². The molecule has 0 saturated carbocycles. The van der Waals surface area contributed by atoms with E-state index in [1.807, 2.05) is 30.3 Å². The van der Waals surface area contributed by atoms with Gasteiger partial charge in [0.05, 0.1) is 0 Å². The summed E-state index contributed by atoms with van der Waals surface area (Å²) in [6, 6.07) is 9.35. The number of thioether (sulfide) groups is 1. The minimum absolute atomic E-state index is 0. The SMILES string of the molecule is CC1(c2ccccc2)SC(=O)N(CCN)C1=O.Cl. The van der Waals surface area contributed by atoms with Crippen LogP contribution in [0.5, 0.6) is 0 Å². The van der Waals surface area contributed by atoms with E-state index in [2.05, 4.69) is 0 Å². The van der Waals surface area contributed by atoms with Crippen molar-refractivity contribution in [2.75, 3.05) is 13.1 Å². The second kappa shape index (κ2) is 5.73. The van der Waals surface area contributed by atoms with Crippen LogP contribution in [0, 0.1) is 0 Å². The van der Waals surface area contributed by atoms with Crippen LogP contribution in [0.3, 0.4) is 0 Å². The topological polar surface area (TPSA) is 63.4 Å². The van der Waals surface area contributed by atoms with Crippen LogP contribution in [-0.2, 0) is 9.54 Å². The van der Waals surface area contributed by atoms with Crippen LogP contribution in [0.25, 0.3) is 0 Å². The minimum atomic E-state index is -0.812. The van der Waals surface area contributed by atoms with E-state index >= 15 is 0 Å². The predicted octanol–water partition coefficient (Wildman–Crippen LogP) is 1.98. The maximum absolute atomic E-state index is 12.3. The zero-order valence-electron chi connectivity index (χ0n) is 9.96. The Morgan fingerprint density at radius 3 is 2.44 bits per heavy atom. The number of nitrogens with two attached hydrogens (primary N) is 1. The number of nitrogens with zero attached hydrogens (tertiary/aromatic N) is 1. The van der Waals surface area contributed by atoms with Gasteiger partial charge in [-0.05, 0) is 24.2 Å². The molecule has 6 heteroatoms. The van der Waals surface area contributed by atoms with E-state index in [0.29, 0.717) is 6.54 Å². The number of carbonyl (C=O) groups is 2. The molecule has 0 bridgehead atoms. The average molecular weight is 287 g/mol. The molecule has 1 atom stereocenters. The zero-order chi connectivity index (χ0) is 12.5. The van der Waals surface area contributed by atoms with Gasteiger partial charge in [-0.25, -0.2) is 0 Å². The zero-order valence-corrected chi connectivity index (χ0v) is 11.6. The van der Waals surface area contributed by atoms with Crippen LogP contribution < -0.4 is 5.73 Å². The molecule has 2 rings (SSSR count). The first kappa shape index (κ1) is 15.0. The van der Waals surface area contributed by atoms with Crippen molar-refractivity contribution in [2.45, 2.75) is 11.7 Å². The molecule has 1 fully saturated rings. The molecule has 0 aliphatic carbocycles. The van der Waals surface area contributed by atoms with Gasteiger partial charge < -0.3 is 5.73 Å². The summed E-state index contributed by atoms with van der Waals surface area (Å²) >= 11 is 1.06. The highest BCUT2D eigenvalue weighted by atomic mass is 35.5. The van der Waals surface area contributed by atoms with Crippen molar-refractivity contribution in [1.82, 2.24) is 4.90 Å². The molecular formula is C12H15ClN2O2S. The highest BCUT2D eigenvalue weighted by Gasteiger charge is 2.49. The third-order valence-corrected chi connectivity index (χ3v) is 4.06. The van der Waals surface area contributed by atoms with E-state index in [1.165, 1.54) is 4.90 Å². The predicted molar refractivity (Wildman–Crippen MR) is 74.8 cm³/mol. The number of amides is 2. The van der Waals surface area contributed by atoms with Crippen LogP contribution in [0.1, 0.15) is 12.5 Å². The van der Waals surface area contributed by atoms with Gasteiger partial charge in [-0.2, -0.15) is 0 Å². The summed E-state index contributed by atoms with van der Waals surface area (Å²) in [5, 5.41) is -0.216. The van der Waals surface area contributed by atoms with Gasteiger partial charge in [0.25, 0.3) is 11.1 Å². The van der Waals surface area contributed by atoms with Crippen molar-refractivity contribution in [3.63, 3.8) is 0 Å². The van der Waals surface area contributed by atoms with E-state index in [-0.39, 0.29) is 30.1 Å². The molecule has 1 aliphatic rings. The maximum atomic E-state index is 12.3. The van der Waals surface area contributed by atoms with Gasteiger partial charge in [0.15, 0.2) is 0 Å². The summed E-state index contributed by atoms with van der Waals surface area (Å²) in [6.07, 6.45) is 0. The Morgan fingerprint density at radius 2 is 1.89 bits per heavy atom. The van der Waals surface area contributed by atoms with E-state index in [9.17, 15) is 9.59 Å². The Morgan fingerprint density at radius 1 is 1.28 bits per heavy atom. The summed E-state index contributed by atoms with van der Waals surface area (Å²) in [5.74, 6) is -0.177.